The van der Waals surface area contributed by atoms with Crippen LogP contribution in [0, 0.1) is 5.92 Å². The molecule has 1 saturated heterocycles. The third-order valence-electron chi connectivity index (χ3n) is 4.94. The van der Waals surface area contributed by atoms with Crippen LogP contribution in [-0.4, -0.2) is 40.7 Å². The first-order chi connectivity index (χ1) is 12.1. The first kappa shape index (κ1) is 16.3. The molecule has 6 nitrogen and oxygen atoms in total. The zero-order chi connectivity index (χ0) is 17.4. The molecule has 132 valence electrons. The van der Waals surface area contributed by atoms with E-state index in [1.165, 1.54) is 5.56 Å². The van der Waals surface area contributed by atoms with Gasteiger partial charge in [-0.2, -0.15) is 0 Å². The number of ether oxygens (including phenoxy) is 1. The Morgan fingerprint density at radius 3 is 2.76 bits per heavy atom. The van der Waals surface area contributed by atoms with Gasteiger partial charge in [-0.1, -0.05) is 44.2 Å². The summed E-state index contributed by atoms with van der Waals surface area (Å²) in [6.07, 6.45) is 0.606. The molecule has 1 saturated carbocycles. The summed E-state index contributed by atoms with van der Waals surface area (Å²) < 4.78 is 11.5. The van der Waals surface area contributed by atoms with E-state index in [4.69, 9.17) is 9.15 Å². The van der Waals surface area contributed by atoms with Crippen molar-refractivity contribution in [2.45, 2.75) is 38.2 Å². The number of nitrogens with zero attached hydrogens (tertiary/aromatic N) is 3. The number of carbonyl (C=O) groups is 1. The second kappa shape index (κ2) is 6.59. The molecule has 4 rings (SSSR count). The molecule has 2 fully saturated rings. The van der Waals surface area contributed by atoms with E-state index < -0.39 is 0 Å². The minimum Gasteiger partial charge on any atom is -0.422 e. The van der Waals surface area contributed by atoms with Crippen molar-refractivity contribution in [3.8, 4) is 0 Å². The number of benzene rings is 1. The van der Waals surface area contributed by atoms with Gasteiger partial charge < -0.3 is 14.1 Å². The maximum Gasteiger partial charge on any atom is 0.247 e. The van der Waals surface area contributed by atoms with Crippen molar-refractivity contribution in [1.82, 2.24) is 15.1 Å². The maximum absolute atomic E-state index is 12.8. The standard InChI is InChI=1S/C19H23N3O3/c1-12(2)17-20-21-18(25-17)16-11-22(8-9-24-16)19(23)15-10-14(15)13-6-4-3-5-7-13/h3-7,12,14-16H,8-11H2,1-2H3/t14-,15+,16-/m0/s1. The number of morpholine rings is 1. The van der Waals surface area contributed by atoms with E-state index in [0.29, 0.717) is 37.4 Å². The Hall–Kier alpha value is -2.21. The van der Waals surface area contributed by atoms with Crippen LogP contribution in [0.5, 0.6) is 0 Å². The highest BCUT2D eigenvalue weighted by molar-refractivity contribution is 5.83. The van der Waals surface area contributed by atoms with E-state index in [-0.39, 0.29) is 23.8 Å². The monoisotopic (exact) mass is 341 g/mol. The molecule has 1 aromatic carbocycles. The molecule has 2 aliphatic rings. The van der Waals surface area contributed by atoms with Gasteiger partial charge in [0, 0.05) is 18.4 Å². The van der Waals surface area contributed by atoms with Crippen LogP contribution in [0.4, 0.5) is 0 Å². The van der Waals surface area contributed by atoms with Crippen LogP contribution >= 0.6 is 0 Å². The van der Waals surface area contributed by atoms with Crippen molar-refractivity contribution in [3.63, 3.8) is 0 Å². The zero-order valence-corrected chi connectivity index (χ0v) is 14.6. The quantitative estimate of drug-likeness (QED) is 0.855. The summed E-state index contributed by atoms with van der Waals surface area (Å²) in [6.45, 7) is 5.62. The topological polar surface area (TPSA) is 68.5 Å². The van der Waals surface area contributed by atoms with Gasteiger partial charge in [0.1, 0.15) is 0 Å². The number of amides is 1. The fourth-order valence-corrected chi connectivity index (χ4v) is 3.38. The Bertz CT molecular complexity index is 743. The summed E-state index contributed by atoms with van der Waals surface area (Å²) in [5.74, 6) is 1.91. The van der Waals surface area contributed by atoms with Crippen molar-refractivity contribution < 1.29 is 13.9 Å². The van der Waals surface area contributed by atoms with Crippen molar-refractivity contribution in [1.29, 1.82) is 0 Å². The van der Waals surface area contributed by atoms with Gasteiger partial charge in [0.2, 0.25) is 17.7 Å². The summed E-state index contributed by atoms with van der Waals surface area (Å²) in [6, 6.07) is 10.3. The van der Waals surface area contributed by atoms with Gasteiger partial charge in [-0.3, -0.25) is 4.79 Å². The van der Waals surface area contributed by atoms with Crippen LogP contribution in [-0.2, 0) is 9.53 Å². The summed E-state index contributed by atoms with van der Waals surface area (Å²) in [5, 5.41) is 8.16. The van der Waals surface area contributed by atoms with Crippen molar-refractivity contribution in [3.05, 3.63) is 47.7 Å². The molecule has 1 aliphatic carbocycles. The third-order valence-corrected chi connectivity index (χ3v) is 4.94. The summed E-state index contributed by atoms with van der Waals surface area (Å²) >= 11 is 0. The fourth-order valence-electron chi connectivity index (χ4n) is 3.38. The molecule has 25 heavy (non-hydrogen) atoms. The first-order valence-corrected chi connectivity index (χ1v) is 8.92. The number of hydrogen-bond donors (Lipinski definition) is 0. The molecule has 0 unspecified atom stereocenters. The van der Waals surface area contributed by atoms with Crippen LogP contribution in [0.2, 0.25) is 0 Å². The fraction of sp³-hybridized carbons (Fsp3) is 0.526. The van der Waals surface area contributed by atoms with Crippen LogP contribution in [0.15, 0.2) is 34.7 Å². The largest absolute Gasteiger partial charge is 0.422 e. The minimum atomic E-state index is -0.327. The van der Waals surface area contributed by atoms with Gasteiger partial charge in [-0.25, -0.2) is 0 Å². The predicted molar refractivity (Wildman–Crippen MR) is 91.0 cm³/mol. The van der Waals surface area contributed by atoms with E-state index in [9.17, 15) is 4.79 Å². The Kier molecular flexibility index (Phi) is 4.29. The van der Waals surface area contributed by atoms with Crippen LogP contribution in [0.3, 0.4) is 0 Å². The highest BCUT2D eigenvalue weighted by Gasteiger charge is 2.46. The Morgan fingerprint density at radius 2 is 2.04 bits per heavy atom. The molecule has 1 aromatic heterocycles. The van der Waals surface area contributed by atoms with Crippen molar-refractivity contribution in [2.75, 3.05) is 19.7 Å². The van der Waals surface area contributed by atoms with Crippen LogP contribution in [0.1, 0.15) is 55.6 Å². The molecule has 1 aliphatic heterocycles. The van der Waals surface area contributed by atoms with Gasteiger partial charge in [-0.05, 0) is 17.9 Å². The van der Waals surface area contributed by atoms with E-state index in [0.717, 1.165) is 6.42 Å². The van der Waals surface area contributed by atoms with E-state index in [1.54, 1.807) is 0 Å². The van der Waals surface area contributed by atoms with Gasteiger partial charge in [0.15, 0.2) is 6.10 Å². The molecular weight excluding hydrogens is 318 g/mol. The lowest BCUT2D eigenvalue weighted by atomic mass is 10.1. The molecular formula is C19H23N3O3. The lowest BCUT2D eigenvalue weighted by Gasteiger charge is -2.31. The molecule has 2 heterocycles. The van der Waals surface area contributed by atoms with Gasteiger partial charge in [0.25, 0.3) is 0 Å². The molecule has 0 bridgehead atoms. The molecule has 3 atom stereocenters. The zero-order valence-electron chi connectivity index (χ0n) is 14.6. The average molecular weight is 341 g/mol. The highest BCUT2D eigenvalue weighted by Crippen LogP contribution is 2.48. The highest BCUT2D eigenvalue weighted by atomic mass is 16.5. The SMILES string of the molecule is CC(C)c1nnc([C@@H]2CN(C(=O)[C@@H]3C[C@H]3c3ccccc3)CCO2)o1. The van der Waals surface area contributed by atoms with Gasteiger partial charge >= 0.3 is 0 Å². The minimum absolute atomic E-state index is 0.0926. The number of aromatic nitrogens is 2. The van der Waals surface area contributed by atoms with Crippen LogP contribution < -0.4 is 0 Å². The van der Waals surface area contributed by atoms with Gasteiger partial charge in [0.05, 0.1) is 13.2 Å². The van der Waals surface area contributed by atoms with Crippen LogP contribution in [0.25, 0.3) is 0 Å². The van der Waals surface area contributed by atoms with Gasteiger partial charge in [-0.15, -0.1) is 10.2 Å². The Morgan fingerprint density at radius 1 is 1.24 bits per heavy atom. The smallest absolute Gasteiger partial charge is 0.247 e. The molecule has 6 heteroatoms. The summed E-state index contributed by atoms with van der Waals surface area (Å²) in [5.41, 5.74) is 1.25. The predicted octanol–water partition coefficient (Wildman–Crippen LogP) is 2.90. The number of rotatable bonds is 4. The first-order valence-electron chi connectivity index (χ1n) is 8.92. The Labute approximate surface area is 147 Å². The van der Waals surface area contributed by atoms with Crippen molar-refractivity contribution >= 4 is 5.91 Å². The average Bonchev–Trinajstić information content (AvgIpc) is 3.29. The third kappa shape index (κ3) is 3.31. The van der Waals surface area contributed by atoms with E-state index in [1.807, 2.05) is 36.9 Å². The lowest BCUT2D eigenvalue weighted by molar-refractivity contribution is -0.141. The van der Waals surface area contributed by atoms with E-state index >= 15 is 0 Å². The molecule has 0 N–H and O–H groups in total. The normalized spacial score (nSPS) is 26.0. The number of carbonyl (C=O) groups excluding carboxylic acids is 1. The maximum atomic E-state index is 12.8. The second-order valence-corrected chi connectivity index (χ2v) is 7.14. The molecule has 0 radical (unpaired) electrons. The van der Waals surface area contributed by atoms with E-state index in [2.05, 4.69) is 22.3 Å². The molecule has 2 aromatic rings. The molecule has 1 amide bonds. The van der Waals surface area contributed by atoms with Crippen molar-refractivity contribution in [2.24, 2.45) is 5.92 Å². The summed E-state index contributed by atoms with van der Waals surface area (Å²) in [7, 11) is 0. The second-order valence-electron chi connectivity index (χ2n) is 7.14. The number of hydrogen-bond acceptors (Lipinski definition) is 5. The Balaban J connectivity index is 1.40. The molecule has 0 spiro atoms. The lowest BCUT2D eigenvalue weighted by Crippen LogP contribution is -2.43. The summed E-state index contributed by atoms with van der Waals surface area (Å²) in [4.78, 5) is 14.7.